The second-order valence-electron chi connectivity index (χ2n) is 4.33. The Morgan fingerprint density at radius 2 is 1.81 bits per heavy atom. The second-order valence-corrected chi connectivity index (χ2v) is 4.33. The number of amides is 2. The van der Waals surface area contributed by atoms with E-state index in [9.17, 15) is 9.59 Å². The number of imide groups is 1. The van der Waals surface area contributed by atoms with Crippen molar-refractivity contribution in [1.82, 2.24) is 4.90 Å². The molecule has 2 aliphatic rings. The molecule has 2 amide bonds. The van der Waals surface area contributed by atoms with Gasteiger partial charge in [0.05, 0.1) is 11.7 Å². The highest BCUT2D eigenvalue weighted by Crippen LogP contribution is 2.44. The largest absolute Gasteiger partial charge is 0.366 e. The molecule has 2 rings (SSSR count). The van der Waals surface area contributed by atoms with Crippen LogP contribution in [-0.2, 0) is 14.3 Å². The van der Waals surface area contributed by atoms with Gasteiger partial charge in [0.2, 0.25) is 0 Å². The standard InChI is InChI=1S/C12H17NO3/c1-3-12(4-2)9(16-12)7-8-13-10(14)5-6-11(13)15/h5-6,9H,3-4,7-8H2,1-2H3. The Morgan fingerprint density at radius 1 is 1.25 bits per heavy atom. The minimum absolute atomic E-state index is 0.0131. The summed E-state index contributed by atoms with van der Waals surface area (Å²) < 4.78 is 5.66. The van der Waals surface area contributed by atoms with Crippen LogP contribution in [0.25, 0.3) is 0 Å². The van der Waals surface area contributed by atoms with E-state index >= 15 is 0 Å². The molecule has 2 heterocycles. The summed E-state index contributed by atoms with van der Waals surface area (Å²) in [6.07, 6.45) is 5.60. The van der Waals surface area contributed by atoms with E-state index in [2.05, 4.69) is 13.8 Å². The monoisotopic (exact) mass is 223 g/mol. The lowest BCUT2D eigenvalue weighted by Crippen LogP contribution is -2.32. The first-order chi connectivity index (χ1) is 7.63. The molecule has 0 aromatic heterocycles. The number of carbonyl (C=O) groups is 2. The zero-order valence-electron chi connectivity index (χ0n) is 9.73. The van der Waals surface area contributed by atoms with Gasteiger partial charge >= 0.3 is 0 Å². The Balaban J connectivity index is 1.82. The van der Waals surface area contributed by atoms with Crippen LogP contribution in [-0.4, -0.2) is 35.0 Å². The van der Waals surface area contributed by atoms with Gasteiger partial charge in [-0.15, -0.1) is 0 Å². The van der Waals surface area contributed by atoms with Gasteiger partial charge in [0.1, 0.15) is 0 Å². The smallest absolute Gasteiger partial charge is 0.253 e. The highest BCUT2D eigenvalue weighted by molar-refractivity contribution is 6.12. The molecule has 0 aromatic carbocycles. The summed E-state index contributed by atoms with van der Waals surface area (Å²) in [6.45, 7) is 4.69. The molecule has 1 unspecified atom stereocenters. The van der Waals surface area contributed by atoms with Crippen molar-refractivity contribution in [2.24, 2.45) is 0 Å². The third kappa shape index (κ3) is 1.78. The average molecular weight is 223 g/mol. The van der Waals surface area contributed by atoms with E-state index in [0.29, 0.717) is 6.54 Å². The number of nitrogens with zero attached hydrogens (tertiary/aromatic N) is 1. The molecule has 2 aliphatic heterocycles. The van der Waals surface area contributed by atoms with Crippen molar-refractivity contribution in [3.63, 3.8) is 0 Å². The predicted octanol–water partition coefficient (Wildman–Crippen LogP) is 1.26. The number of hydrogen-bond acceptors (Lipinski definition) is 3. The van der Waals surface area contributed by atoms with E-state index in [-0.39, 0.29) is 23.5 Å². The van der Waals surface area contributed by atoms with Crippen LogP contribution in [0.5, 0.6) is 0 Å². The zero-order chi connectivity index (χ0) is 11.8. The normalized spacial score (nSPS) is 26.6. The van der Waals surface area contributed by atoms with E-state index in [0.717, 1.165) is 19.3 Å². The Bertz CT molecular complexity index is 326. The molecular weight excluding hydrogens is 206 g/mol. The van der Waals surface area contributed by atoms with Crippen molar-refractivity contribution in [2.75, 3.05) is 6.54 Å². The molecule has 0 spiro atoms. The van der Waals surface area contributed by atoms with E-state index in [1.54, 1.807) is 0 Å². The SMILES string of the molecule is CCC1(CC)OC1CCN1C(=O)C=CC1=O. The van der Waals surface area contributed by atoms with Gasteiger partial charge in [-0.25, -0.2) is 0 Å². The number of hydrogen-bond donors (Lipinski definition) is 0. The summed E-state index contributed by atoms with van der Waals surface area (Å²) in [5, 5.41) is 0. The fraction of sp³-hybridized carbons (Fsp3) is 0.667. The minimum atomic E-state index is -0.204. The fourth-order valence-electron chi connectivity index (χ4n) is 2.34. The molecule has 0 saturated carbocycles. The molecule has 4 nitrogen and oxygen atoms in total. The third-order valence-corrected chi connectivity index (χ3v) is 3.62. The molecule has 1 atom stereocenters. The van der Waals surface area contributed by atoms with Crippen molar-refractivity contribution < 1.29 is 14.3 Å². The van der Waals surface area contributed by atoms with E-state index in [1.807, 2.05) is 0 Å². The average Bonchev–Trinajstić information content (AvgIpc) is 2.92. The zero-order valence-corrected chi connectivity index (χ0v) is 9.73. The minimum Gasteiger partial charge on any atom is -0.366 e. The van der Waals surface area contributed by atoms with Crippen LogP contribution in [0.4, 0.5) is 0 Å². The molecule has 0 bridgehead atoms. The molecule has 0 radical (unpaired) electrons. The van der Waals surface area contributed by atoms with Gasteiger partial charge in [0.25, 0.3) is 11.8 Å². The van der Waals surface area contributed by atoms with Gasteiger partial charge in [-0.2, -0.15) is 0 Å². The number of carbonyl (C=O) groups excluding carboxylic acids is 2. The summed E-state index contributed by atoms with van der Waals surface area (Å²) in [5.74, 6) is -0.409. The maximum absolute atomic E-state index is 11.3. The number of epoxide rings is 1. The summed E-state index contributed by atoms with van der Waals surface area (Å²) in [5.41, 5.74) is 0.0131. The van der Waals surface area contributed by atoms with E-state index in [4.69, 9.17) is 4.74 Å². The molecule has 16 heavy (non-hydrogen) atoms. The van der Waals surface area contributed by atoms with Crippen molar-refractivity contribution in [3.8, 4) is 0 Å². The van der Waals surface area contributed by atoms with E-state index in [1.165, 1.54) is 17.1 Å². The molecule has 0 aromatic rings. The van der Waals surface area contributed by atoms with Crippen molar-refractivity contribution >= 4 is 11.8 Å². The van der Waals surface area contributed by atoms with E-state index < -0.39 is 0 Å². The molecule has 88 valence electrons. The van der Waals surface area contributed by atoms with Crippen LogP contribution >= 0.6 is 0 Å². The van der Waals surface area contributed by atoms with Crippen molar-refractivity contribution in [1.29, 1.82) is 0 Å². The Hall–Kier alpha value is -1.16. The van der Waals surface area contributed by atoms with Crippen LogP contribution in [0, 0.1) is 0 Å². The summed E-state index contributed by atoms with van der Waals surface area (Å²) in [6, 6.07) is 0. The predicted molar refractivity (Wildman–Crippen MR) is 58.7 cm³/mol. The maximum Gasteiger partial charge on any atom is 0.253 e. The highest BCUT2D eigenvalue weighted by Gasteiger charge is 2.52. The van der Waals surface area contributed by atoms with Crippen LogP contribution in [0.15, 0.2) is 12.2 Å². The van der Waals surface area contributed by atoms with Gasteiger partial charge in [0, 0.05) is 18.7 Å². The molecule has 1 saturated heterocycles. The van der Waals surface area contributed by atoms with Gasteiger partial charge < -0.3 is 4.74 Å². The van der Waals surface area contributed by atoms with Crippen molar-refractivity contribution in [2.45, 2.75) is 44.8 Å². The number of rotatable bonds is 5. The topological polar surface area (TPSA) is 49.9 Å². The Labute approximate surface area is 95.2 Å². The quantitative estimate of drug-likeness (QED) is 0.521. The van der Waals surface area contributed by atoms with Gasteiger partial charge in [-0.05, 0) is 19.3 Å². The molecule has 4 heteroatoms. The number of ether oxygens (including phenoxy) is 1. The lowest BCUT2D eigenvalue weighted by Gasteiger charge is -2.13. The summed E-state index contributed by atoms with van der Waals surface area (Å²) >= 11 is 0. The molecule has 0 aliphatic carbocycles. The summed E-state index contributed by atoms with van der Waals surface area (Å²) in [7, 11) is 0. The van der Waals surface area contributed by atoms with Gasteiger partial charge in [-0.1, -0.05) is 13.8 Å². The first kappa shape index (κ1) is 11.3. The second kappa shape index (κ2) is 4.01. The fourth-order valence-corrected chi connectivity index (χ4v) is 2.34. The molecular formula is C12H17NO3. The Kier molecular flexibility index (Phi) is 2.84. The van der Waals surface area contributed by atoms with Crippen molar-refractivity contribution in [3.05, 3.63) is 12.2 Å². The summed E-state index contributed by atoms with van der Waals surface area (Å²) in [4.78, 5) is 23.9. The van der Waals surface area contributed by atoms with Crippen LogP contribution in [0.2, 0.25) is 0 Å². The van der Waals surface area contributed by atoms with Crippen LogP contribution in [0.3, 0.4) is 0 Å². The lowest BCUT2D eigenvalue weighted by atomic mass is 9.97. The van der Waals surface area contributed by atoms with Crippen LogP contribution < -0.4 is 0 Å². The van der Waals surface area contributed by atoms with Gasteiger partial charge in [-0.3, -0.25) is 14.5 Å². The van der Waals surface area contributed by atoms with Crippen LogP contribution in [0.1, 0.15) is 33.1 Å². The molecule has 0 N–H and O–H groups in total. The first-order valence-corrected chi connectivity index (χ1v) is 5.84. The van der Waals surface area contributed by atoms with Gasteiger partial charge in [0.15, 0.2) is 0 Å². The Morgan fingerprint density at radius 3 is 2.25 bits per heavy atom. The first-order valence-electron chi connectivity index (χ1n) is 5.84. The third-order valence-electron chi connectivity index (χ3n) is 3.62. The lowest BCUT2D eigenvalue weighted by molar-refractivity contribution is -0.136. The molecule has 1 fully saturated rings. The maximum atomic E-state index is 11.3. The highest BCUT2D eigenvalue weighted by atomic mass is 16.6.